The van der Waals surface area contributed by atoms with Crippen LogP contribution in [0.4, 0.5) is 11.4 Å². The van der Waals surface area contributed by atoms with E-state index >= 15 is 0 Å². The van der Waals surface area contributed by atoms with Gasteiger partial charge in [0.05, 0.1) is 5.69 Å². The molecule has 2 aliphatic rings. The molecule has 2 heterocycles. The van der Waals surface area contributed by atoms with Gasteiger partial charge in [-0.05, 0) is 41.8 Å². The third-order valence-electron chi connectivity index (χ3n) is 4.49. The predicted octanol–water partition coefficient (Wildman–Crippen LogP) is 2.23. The standard InChI is InChI=1S/C18H18N4O/c23-12-19-15-5-1-13(2-6-15)9-14-3-7-16(8-4-14)21-20-10-17-18-11-22(17)18/h1-8,17-18,20-21H,9-11H2. The van der Waals surface area contributed by atoms with E-state index < -0.39 is 0 Å². The van der Waals surface area contributed by atoms with Crippen molar-refractivity contribution in [3.05, 3.63) is 59.7 Å². The van der Waals surface area contributed by atoms with Crippen molar-refractivity contribution in [1.82, 2.24) is 10.3 Å². The van der Waals surface area contributed by atoms with E-state index in [0.29, 0.717) is 5.69 Å². The van der Waals surface area contributed by atoms with Gasteiger partial charge in [0.15, 0.2) is 0 Å². The number of nitrogens with zero attached hydrogens (tertiary/aromatic N) is 2. The highest BCUT2D eigenvalue weighted by atomic mass is 16.1. The van der Waals surface area contributed by atoms with Gasteiger partial charge in [0.25, 0.3) is 0 Å². The van der Waals surface area contributed by atoms with Crippen molar-refractivity contribution in [2.45, 2.75) is 18.5 Å². The molecular formula is C18H18N4O. The van der Waals surface area contributed by atoms with Crippen LogP contribution >= 0.6 is 0 Å². The molecule has 116 valence electrons. The SMILES string of the molecule is O=C=Nc1ccc(Cc2ccc(NNCC3C4CN34)cc2)cc1. The minimum Gasteiger partial charge on any atom is -0.321 e. The van der Waals surface area contributed by atoms with Crippen LogP contribution in [-0.4, -0.2) is 36.2 Å². The maximum absolute atomic E-state index is 10.2. The summed E-state index contributed by atoms with van der Waals surface area (Å²) in [7, 11) is 0. The summed E-state index contributed by atoms with van der Waals surface area (Å²) in [5.41, 5.74) is 10.7. The van der Waals surface area contributed by atoms with Crippen molar-refractivity contribution in [2.24, 2.45) is 4.99 Å². The quantitative estimate of drug-likeness (QED) is 0.356. The topological polar surface area (TPSA) is 56.5 Å². The summed E-state index contributed by atoms with van der Waals surface area (Å²) >= 11 is 0. The Labute approximate surface area is 135 Å². The maximum Gasteiger partial charge on any atom is 0.240 e. The van der Waals surface area contributed by atoms with Gasteiger partial charge < -0.3 is 5.43 Å². The van der Waals surface area contributed by atoms with E-state index in [2.05, 4.69) is 45.0 Å². The number of fused-ring (bicyclic) bond motifs is 1. The zero-order valence-corrected chi connectivity index (χ0v) is 12.7. The van der Waals surface area contributed by atoms with Gasteiger partial charge in [-0.1, -0.05) is 24.3 Å². The van der Waals surface area contributed by atoms with Crippen LogP contribution in [0.25, 0.3) is 0 Å². The highest BCUT2D eigenvalue weighted by molar-refractivity contribution is 5.50. The van der Waals surface area contributed by atoms with Crippen LogP contribution < -0.4 is 10.9 Å². The molecule has 0 saturated carbocycles. The lowest BCUT2D eigenvalue weighted by Crippen LogP contribution is -2.30. The van der Waals surface area contributed by atoms with Crippen molar-refractivity contribution in [1.29, 1.82) is 0 Å². The molecule has 4 rings (SSSR count). The van der Waals surface area contributed by atoms with E-state index in [0.717, 1.165) is 30.7 Å². The average molecular weight is 306 g/mol. The fraction of sp³-hybridized carbons (Fsp3) is 0.278. The lowest BCUT2D eigenvalue weighted by Gasteiger charge is -2.10. The molecule has 0 spiro atoms. The zero-order chi connectivity index (χ0) is 15.6. The zero-order valence-electron chi connectivity index (χ0n) is 12.7. The molecule has 5 nitrogen and oxygen atoms in total. The number of hydrogen-bond donors (Lipinski definition) is 2. The minimum absolute atomic E-state index is 0.638. The minimum atomic E-state index is 0.638. The lowest BCUT2D eigenvalue weighted by molar-refractivity contribution is 0.565. The van der Waals surface area contributed by atoms with E-state index in [1.165, 1.54) is 17.7 Å². The first-order valence-corrected chi connectivity index (χ1v) is 7.84. The van der Waals surface area contributed by atoms with Crippen molar-refractivity contribution in [3.63, 3.8) is 0 Å². The molecule has 0 amide bonds. The Bertz CT molecular complexity index is 727. The van der Waals surface area contributed by atoms with E-state index in [4.69, 9.17) is 0 Å². The molecule has 2 aromatic rings. The van der Waals surface area contributed by atoms with E-state index in [1.54, 1.807) is 6.08 Å². The van der Waals surface area contributed by atoms with E-state index in [9.17, 15) is 4.79 Å². The molecule has 2 aliphatic heterocycles. The van der Waals surface area contributed by atoms with Crippen LogP contribution in [0.3, 0.4) is 0 Å². The van der Waals surface area contributed by atoms with Gasteiger partial charge in [-0.2, -0.15) is 4.99 Å². The third kappa shape index (κ3) is 3.32. The fourth-order valence-electron chi connectivity index (χ4n) is 2.87. The number of hydrogen-bond acceptors (Lipinski definition) is 5. The number of carbonyl (C=O) groups excluding carboxylic acids is 1. The molecule has 23 heavy (non-hydrogen) atoms. The number of nitrogens with one attached hydrogen (secondary N) is 2. The molecule has 3 unspecified atom stereocenters. The smallest absolute Gasteiger partial charge is 0.240 e. The van der Waals surface area contributed by atoms with Crippen molar-refractivity contribution in [3.8, 4) is 0 Å². The highest BCUT2D eigenvalue weighted by Gasteiger charge is 2.61. The van der Waals surface area contributed by atoms with Crippen LogP contribution in [0.15, 0.2) is 53.5 Å². The normalized spacial score (nSPS) is 23.6. The number of benzene rings is 2. The van der Waals surface area contributed by atoms with Crippen molar-refractivity contribution in [2.75, 3.05) is 18.5 Å². The van der Waals surface area contributed by atoms with Gasteiger partial charge >= 0.3 is 0 Å². The number of isocyanates is 1. The molecule has 0 bridgehead atoms. The average Bonchev–Trinajstić information content (AvgIpc) is 3.47. The predicted molar refractivity (Wildman–Crippen MR) is 89.4 cm³/mol. The first-order valence-electron chi connectivity index (χ1n) is 7.84. The van der Waals surface area contributed by atoms with Crippen LogP contribution in [-0.2, 0) is 11.2 Å². The van der Waals surface area contributed by atoms with Crippen molar-refractivity contribution >= 4 is 17.5 Å². The van der Waals surface area contributed by atoms with Crippen LogP contribution in [0.5, 0.6) is 0 Å². The van der Waals surface area contributed by atoms with Crippen LogP contribution in [0.2, 0.25) is 0 Å². The summed E-state index contributed by atoms with van der Waals surface area (Å²) in [4.78, 5) is 16.3. The fourth-order valence-corrected chi connectivity index (χ4v) is 2.87. The van der Waals surface area contributed by atoms with Crippen LogP contribution in [0, 0.1) is 0 Å². The van der Waals surface area contributed by atoms with Crippen LogP contribution in [0.1, 0.15) is 11.1 Å². The Morgan fingerprint density at radius 1 is 1.09 bits per heavy atom. The summed E-state index contributed by atoms with van der Waals surface area (Å²) in [5.74, 6) is 0. The van der Waals surface area contributed by atoms with Crippen molar-refractivity contribution < 1.29 is 4.79 Å². The highest BCUT2D eigenvalue weighted by Crippen LogP contribution is 2.42. The Balaban J connectivity index is 1.29. The number of hydrazine groups is 1. The Morgan fingerprint density at radius 3 is 2.30 bits per heavy atom. The number of aliphatic imine (C=N–C) groups is 1. The Morgan fingerprint density at radius 2 is 1.74 bits per heavy atom. The third-order valence-corrected chi connectivity index (χ3v) is 4.49. The molecule has 0 radical (unpaired) electrons. The summed E-state index contributed by atoms with van der Waals surface area (Å²) in [6.07, 6.45) is 2.41. The number of rotatable bonds is 7. The molecule has 5 heteroatoms. The van der Waals surface area contributed by atoms with Gasteiger partial charge in [-0.25, -0.2) is 10.2 Å². The first-order chi connectivity index (χ1) is 11.3. The second-order valence-electron chi connectivity index (χ2n) is 6.08. The van der Waals surface area contributed by atoms with Gasteiger partial charge in [-0.15, -0.1) is 0 Å². The summed E-state index contributed by atoms with van der Waals surface area (Å²) < 4.78 is 0. The Hall–Kier alpha value is -2.46. The van der Waals surface area contributed by atoms with Gasteiger partial charge in [-0.3, -0.25) is 4.90 Å². The molecule has 0 aromatic heterocycles. The number of anilines is 1. The molecule has 2 saturated heterocycles. The molecule has 2 fully saturated rings. The summed E-state index contributed by atoms with van der Waals surface area (Å²) in [6.45, 7) is 2.30. The van der Waals surface area contributed by atoms with Gasteiger partial charge in [0.1, 0.15) is 0 Å². The molecular weight excluding hydrogens is 288 g/mol. The summed E-state index contributed by atoms with van der Waals surface area (Å²) in [5, 5.41) is 0. The van der Waals surface area contributed by atoms with Gasteiger partial charge in [0.2, 0.25) is 6.08 Å². The Kier molecular flexibility index (Phi) is 3.67. The maximum atomic E-state index is 10.2. The van der Waals surface area contributed by atoms with E-state index in [-0.39, 0.29) is 0 Å². The molecule has 0 aliphatic carbocycles. The lowest BCUT2D eigenvalue weighted by atomic mass is 10.0. The largest absolute Gasteiger partial charge is 0.321 e. The second kappa shape index (κ2) is 5.97. The first kappa shape index (κ1) is 14.2. The molecule has 2 aromatic carbocycles. The van der Waals surface area contributed by atoms with E-state index in [1.807, 2.05) is 24.3 Å². The molecule has 2 N–H and O–H groups in total. The summed E-state index contributed by atoms with van der Waals surface area (Å²) in [6, 6.07) is 17.7. The van der Waals surface area contributed by atoms with Gasteiger partial charge in [0, 0.05) is 30.9 Å². The monoisotopic (exact) mass is 306 g/mol. The molecule has 3 atom stereocenters. The second-order valence-corrected chi connectivity index (χ2v) is 6.08.